The largest absolute Gasteiger partial charge is 0.494 e. The third-order valence-electron chi connectivity index (χ3n) is 9.96. The lowest BCUT2D eigenvalue weighted by atomic mass is 9.75. The van der Waals surface area contributed by atoms with Crippen LogP contribution in [0.15, 0.2) is 87.9 Å². The molecule has 0 atom stereocenters. The third-order valence-corrected chi connectivity index (χ3v) is 10.5. The molecule has 1 fully saturated rings. The molecule has 0 aliphatic carbocycles. The molecule has 0 bridgehead atoms. The predicted molar refractivity (Wildman–Crippen MR) is 214 cm³/mol. The van der Waals surface area contributed by atoms with Crippen molar-refractivity contribution in [2.75, 3.05) is 7.11 Å². The van der Waals surface area contributed by atoms with Gasteiger partial charge in [0.1, 0.15) is 17.3 Å². The maximum Gasteiger partial charge on any atom is 0.494 e. The number of fused-ring (bicyclic) bond motifs is 1. The number of hydrogen-bond donors (Lipinski definition) is 0. The van der Waals surface area contributed by atoms with Crippen LogP contribution in [-0.4, -0.2) is 52.2 Å². The fourth-order valence-corrected chi connectivity index (χ4v) is 6.13. The topological polar surface area (TPSA) is 128 Å². The molecule has 3 aromatic heterocycles. The predicted octanol–water partition coefficient (Wildman–Crippen LogP) is 8.39. The number of hydrogen-bond acceptors (Lipinski definition) is 9. The van der Waals surface area contributed by atoms with Gasteiger partial charge in [-0.1, -0.05) is 59.8 Å². The van der Waals surface area contributed by atoms with Gasteiger partial charge in [0.2, 0.25) is 5.76 Å². The summed E-state index contributed by atoms with van der Waals surface area (Å²) in [5.74, 6) is 0.333. The van der Waals surface area contributed by atoms with E-state index in [2.05, 4.69) is 25.9 Å². The van der Waals surface area contributed by atoms with Gasteiger partial charge in [0.05, 0.1) is 41.4 Å². The van der Waals surface area contributed by atoms with Crippen molar-refractivity contribution in [2.24, 2.45) is 0 Å². The molecule has 0 unspecified atom stereocenters. The summed E-state index contributed by atoms with van der Waals surface area (Å²) in [7, 11) is 0.973. The Labute approximate surface area is 327 Å². The number of halogens is 1. The lowest BCUT2D eigenvalue weighted by Gasteiger charge is -2.32. The van der Waals surface area contributed by atoms with E-state index in [1.165, 1.54) is 7.11 Å². The Kier molecular flexibility index (Phi) is 12.9. The molecule has 10 nitrogen and oxygen atoms in total. The summed E-state index contributed by atoms with van der Waals surface area (Å²) in [6, 6.07) is 24.6. The normalized spacial score (nSPS) is 14.4. The standard InChI is InChI=1S/C24H19BrN4O2.C17H25BO4.CH4/c1-15-16(2)28-21-4-3-11-27-23(21)22(15)24(30)29(13-17-5-7-18(25)8-6-17)14-20-10-9-19(12-26)31-20;1-15(2,14(19)20-7)12-9-8-10-13(11-12)18-21-16(3,4)17(5,6)22-18;/h3-11H,13-14H2,1-2H3;8-11H,1-7H3;1H4. The summed E-state index contributed by atoms with van der Waals surface area (Å²) in [4.78, 5) is 36.5. The molecular formula is C42H48BBrN4O6. The van der Waals surface area contributed by atoms with Gasteiger partial charge in [-0.15, -0.1) is 0 Å². The van der Waals surface area contributed by atoms with E-state index in [0.717, 1.165) is 32.3 Å². The smallest absolute Gasteiger partial charge is 0.468 e. The van der Waals surface area contributed by atoms with Gasteiger partial charge in [-0.05, 0) is 114 Å². The van der Waals surface area contributed by atoms with Gasteiger partial charge in [-0.25, -0.2) is 0 Å². The number of aromatic nitrogens is 2. The van der Waals surface area contributed by atoms with Crippen LogP contribution in [0.3, 0.4) is 0 Å². The van der Waals surface area contributed by atoms with Gasteiger partial charge < -0.3 is 23.4 Å². The summed E-state index contributed by atoms with van der Waals surface area (Å²) in [5.41, 5.74) is 4.67. The minimum Gasteiger partial charge on any atom is -0.468 e. The number of esters is 1. The zero-order valence-corrected chi connectivity index (χ0v) is 33.2. The van der Waals surface area contributed by atoms with E-state index in [1.807, 2.05) is 122 Å². The van der Waals surface area contributed by atoms with Crippen LogP contribution < -0.4 is 5.46 Å². The fraction of sp³-hybridized carbons (Fsp3) is 0.357. The SMILES string of the molecule is C.COC(=O)C(C)(C)c1cccc(B2OC(C)(C)C(C)(C)O2)c1.Cc1nc2cccnc2c(C(=O)N(Cc2ccc(Br)cc2)Cc2ccc(C#N)o2)c1C. The van der Waals surface area contributed by atoms with Crippen LogP contribution in [-0.2, 0) is 37.3 Å². The first-order chi connectivity index (χ1) is 25.0. The van der Waals surface area contributed by atoms with Crippen LogP contribution in [0.1, 0.15) is 93.2 Å². The van der Waals surface area contributed by atoms with Crippen molar-refractivity contribution < 1.29 is 28.1 Å². The number of amides is 1. The highest BCUT2D eigenvalue weighted by atomic mass is 79.9. The molecule has 0 spiro atoms. The fourth-order valence-electron chi connectivity index (χ4n) is 5.87. The molecule has 6 rings (SSSR count). The number of carbonyl (C=O) groups is 2. The Morgan fingerprint density at radius 1 is 0.963 bits per heavy atom. The van der Waals surface area contributed by atoms with Crippen molar-refractivity contribution in [3.63, 3.8) is 0 Å². The number of rotatable bonds is 8. The van der Waals surface area contributed by atoms with Crippen LogP contribution >= 0.6 is 15.9 Å². The zero-order chi connectivity index (χ0) is 38.7. The maximum absolute atomic E-state index is 13.8. The summed E-state index contributed by atoms with van der Waals surface area (Å²) in [6.45, 7) is 16.2. The molecule has 4 heterocycles. The van der Waals surface area contributed by atoms with Crippen LogP contribution in [0.25, 0.3) is 11.0 Å². The molecule has 1 aliphatic rings. The molecular weight excluding hydrogens is 747 g/mol. The number of aryl methyl sites for hydroxylation is 1. The molecule has 0 radical (unpaired) electrons. The lowest BCUT2D eigenvalue weighted by Crippen LogP contribution is -2.41. The first kappa shape index (κ1) is 41.9. The van der Waals surface area contributed by atoms with Crippen molar-refractivity contribution in [3.05, 3.63) is 123 Å². The molecule has 1 amide bonds. The van der Waals surface area contributed by atoms with Crippen LogP contribution in [0.2, 0.25) is 0 Å². The highest BCUT2D eigenvalue weighted by Gasteiger charge is 2.52. The molecule has 1 aliphatic heterocycles. The second-order valence-electron chi connectivity index (χ2n) is 14.6. The quantitative estimate of drug-likeness (QED) is 0.112. The second kappa shape index (κ2) is 16.7. The van der Waals surface area contributed by atoms with Gasteiger partial charge >= 0.3 is 13.1 Å². The lowest BCUT2D eigenvalue weighted by molar-refractivity contribution is -0.146. The van der Waals surface area contributed by atoms with Gasteiger partial charge in [-0.3, -0.25) is 19.6 Å². The molecule has 54 heavy (non-hydrogen) atoms. The zero-order valence-electron chi connectivity index (χ0n) is 31.6. The molecule has 0 saturated carbocycles. The number of pyridine rings is 2. The molecule has 5 aromatic rings. The average molecular weight is 796 g/mol. The summed E-state index contributed by atoms with van der Waals surface area (Å²) >= 11 is 3.45. The van der Waals surface area contributed by atoms with E-state index in [-0.39, 0.29) is 42.8 Å². The Hall–Kier alpha value is -4.83. The van der Waals surface area contributed by atoms with E-state index in [4.69, 9.17) is 23.7 Å². The highest BCUT2D eigenvalue weighted by molar-refractivity contribution is 9.10. The van der Waals surface area contributed by atoms with E-state index < -0.39 is 12.5 Å². The highest BCUT2D eigenvalue weighted by Crippen LogP contribution is 2.37. The van der Waals surface area contributed by atoms with E-state index in [1.54, 1.807) is 23.2 Å². The molecule has 12 heteroatoms. The number of ether oxygens (including phenoxy) is 1. The van der Waals surface area contributed by atoms with Crippen LogP contribution in [0.4, 0.5) is 0 Å². The number of nitriles is 1. The van der Waals surface area contributed by atoms with Crippen LogP contribution in [0, 0.1) is 25.2 Å². The number of furan rings is 1. The Morgan fingerprint density at radius 3 is 2.24 bits per heavy atom. The van der Waals surface area contributed by atoms with Crippen molar-refractivity contribution >= 4 is 51.4 Å². The second-order valence-corrected chi connectivity index (χ2v) is 15.5. The summed E-state index contributed by atoms with van der Waals surface area (Å²) < 4.78 is 23.6. The first-order valence-corrected chi connectivity index (χ1v) is 18.1. The summed E-state index contributed by atoms with van der Waals surface area (Å²) in [5, 5.41) is 9.07. The average Bonchev–Trinajstić information content (AvgIpc) is 3.68. The van der Waals surface area contributed by atoms with E-state index in [0.29, 0.717) is 28.9 Å². The van der Waals surface area contributed by atoms with Crippen molar-refractivity contribution in [1.82, 2.24) is 14.9 Å². The van der Waals surface area contributed by atoms with Crippen molar-refractivity contribution in [1.29, 1.82) is 5.26 Å². The van der Waals surface area contributed by atoms with Gasteiger partial charge in [0.25, 0.3) is 5.91 Å². The Morgan fingerprint density at radius 2 is 1.63 bits per heavy atom. The molecule has 282 valence electrons. The maximum atomic E-state index is 13.8. The molecule has 1 saturated heterocycles. The molecule has 2 aromatic carbocycles. The van der Waals surface area contributed by atoms with Crippen LogP contribution in [0.5, 0.6) is 0 Å². The minimum absolute atomic E-state index is 0. The van der Waals surface area contributed by atoms with Crippen molar-refractivity contribution in [3.8, 4) is 6.07 Å². The van der Waals surface area contributed by atoms with Gasteiger partial charge in [-0.2, -0.15) is 5.26 Å². The monoisotopic (exact) mass is 794 g/mol. The Bertz CT molecular complexity index is 2160. The van der Waals surface area contributed by atoms with E-state index in [9.17, 15) is 9.59 Å². The Balaban J connectivity index is 0.000000250. The molecule has 0 N–H and O–H groups in total. The number of carbonyl (C=O) groups excluding carboxylic acids is 2. The third kappa shape index (κ3) is 8.92. The van der Waals surface area contributed by atoms with Gasteiger partial charge in [0.15, 0.2) is 0 Å². The number of nitrogens with zero attached hydrogens (tertiary/aromatic N) is 4. The number of methoxy groups -OCH3 is 1. The van der Waals surface area contributed by atoms with Gasteiger partial charge in [0, 0.05) is 22.9 Å². The van der Waals surface area contributed by atoms with Crippen molar-refractivity contribution in [2.45, 2.75) is 92.5 Å². The summed E-state index contributed by atoms with van der Waals surface area (Å²) in [6.07, 6.45) is 1.67. The number of benzene rings is 2. The van der Waals surface area contributed by atoms with E-state index >= 15 is 0 Å². The first-order valence-electron chi connectivity index (χ1n) is 17.3. The minimum atomic E-state index is -0.714.